The van der Waals surface area contributed by atoms with E-state index in [1.807, 2.05) is 14.7 Å². The number of likely N-dealkylation sites (tertiary alicyclic amines) is 1. The average Bonchev–Trinajstić information content (AvgIpc) is 2.80. The van der Waals surface area contributed by atoms with E-state index in [2.05, 4.69) is 10.2 Å². The summed E-state index contributed by atoms with van der Waals surface area (Å²) in [5.74, 6) is 1.14. The first-order valence-electron chi connectivity index (χ1n) is 12.5. The van der Waals surface area contributed by atoms with E-state index in [-0.39, 0.29) is 12.1 Å². The van der Waals surface area contributed by atoms with Crippen LogP contribution in [-0.4, -0.2) is 95.5 Å². The summed E-state index contributed by atoms with van der Waals surface area (Å²) in [5, 5.41) is 3.19. The summed E-state index contributed by atoms with van der Waals surface area (Å²) in [6, 6.07) is 0.805. The molecule has 8 heteroatoms. The third-order valence-electron chi connectivity index (χ3n) is 8.22. The molecule has 0 aromatic heterocycles. The number of fused-ring (bicyclic) bond motifs is 4. The molecule has 0 unspecified atom stereocenters. The maximum Gasteiger partial charge on any atom is 0.320 e. The van der Waals surface area contributed by atoms with Crippen LogP contribution < -0.4 is 5.32 Å². The lowest BCUT2D eigenvalue weighted by Crippen LogP contribution is -2.63. The molecule has 0 aromatic carbocycles. The van der Waals surface area contributed by atoms with E-state index in [0.29, 0.717) is 62.4 Å². The fourth-order valence-corrected chi connectivity index (χ4v) is 6.58. The molecule has 4 aliphatic heterocycles. The second kappa shape index (κ2) is 8.87. The maximum atomic E-state index is 13.3. The largest absolute Gasteiger partial charge is 0.339 e. The van der Waals surface area contributed by atoms with E-state index in [1.165, 1.54) is 19.3 Å². The smallest absolute Gasteiger partial charge is 0.320 e. The van der Waals surface area contributed by atoms with Crippen molar-refractivity contribution in [3.8, 4) is 0 Å². The minimum Gasteiger partial charge on any atom is -0.339 e. The number of piperazine rings is 1. The van der Waals surface area contributed by atoms with Crippen molar-refractivity contribution >= 4 is 18.0 Å². The predicted molar refractivity (Wildman–Crippen MR) is 116 cm³/mol. The summed E-state index contributed by atoms with van der Waals surface area (Å²) >= 11 is 0. The lowest BCUT2D eigenvalue weighted by atomic mass is 9.76. The number of amides is 5. The van der Waals surface area contributed by atoms with Gasteiger partial charge in [0, 0.05) is 64.3 Å². The second-order valence-corrected chi connectivity index (χ2v) is 10.3. The maximum absolute atomic E-state index is 13.3. The van der Waals surface area contributed by atoms with Crippen LogP contribution >= 0.6 is 0 Å². The van der Waals surface area contributed by atoms with Gasteiger partial charge in [-0.1, -0.05) is 19.3 Å². The van der Waals surface area contributed by atoms with Gasteiger partial charge in [-0.15, -0.1) is 0 Å². The molecule has 5 aliphatic rings. The zero-order valence-electron chi connectivity index (χ0n) is 18.6. The topological polar surface area (TPSA) is 76.2 Å². The number of piperidine rings is 3. The fraction of sp³-hybridized carbons (Fsp3) is 0.870. The van der Waals surface area contributed by atoms with E-state index in [9.17, 15) is 14.4 Å². The van der Waals surface area contributed by atoms with E-state index in [1.54, 1.807) is 0 Å². The van der Waals surface area contributed by atoms with Gasteiger partial charge in [0.1, 0.15) is 0 Å². The van der Waals surface area contributed by atoms with Crippen LogP contribution in [0.1, 0.15) is 57.8 Å². The van der Waals surface area contributed by atoms with E-state index in [4.69, 9.17) is 0 Å². The molecule has 1 N–H and O–H groups in total. The number of urea groups is 2. The monoisotopic (exact) mass is 431 g/mol. The van der Waals surface area contributed by atoms with Gasteiger partial charge >= 0.3 is 12.1 Å². The summed E-state index contributed by atoms with van der Waals surface area (Å²) in [6.45, 7) is 4.78. The van der Waals surface area contributed by atoms with Gasteiger partial charge in [0.2, 0.25) is 5.91 Å². The molecule has 1 aliphatic carbocycles. The molecule has 5 fully saturated rings. The highest BCUT2D eigenvalue weighted by atomic mass is 16.2. The Kier molecular flexibility index (Phi) is 5.97. The second-order valence-electron chi connectivity index (χ2n) is 10.3. The number of nitrogens with zero attached hydrogens (tertiary/aromatic N) is 4. The minimum absolute atomic E-state index is 0.0357. The fourth-order valence-electron chi connectivity index (χ4n) is 6.58. The third-order valence-corrected chi connectivity index (χ3v) is 8.22. The quantitative estimate of drug-likeness (QED) is 0.691. The molecule has 0 aromatic rings. The Labute approximate surface area is 185 Å². The van der Waals surface area contributed by atoms with E-state index >= 15 is 0 Å². The predicted octanol–water partition coefficient (Wildman–Crippen LogP) is 2.10. The number of carbonyl (C=O) groups is 3. The Hall–Kier alpha value is -1.99. The third kappa shape index (κ3) is 4.35. The SMILES string of the molecule is O=C(NC1CCCCC1)N1CCN(C(=O)N2C[C@H]3C[C@H](C2)[C@H]2CCCC(=O)N2C3)CC1. The van der Waals surface area contributed by atoms with Crippen LogP contribution in [0.5, 0.6) is 0 Å². The van der Waals surface area contributed by atoms with Crippen LogP contribution in [0.15, 0.2) is 0 Å². The van der Waals surface area contributed by atoms with Crippen LogP contribution in [-0.2, 0) is 4.79 Å². The highest BCUT2D eigenvalue weighted by molar-refractivity contribution is 5.78. The van der Waals surface area contributed by atoms with Crippen molar-refractivity contribution in [2.45, 2.75) is 69.9 Å². The molecular formula is C23H37N5O3. The highest BCUT2D eigenvalue weighted by Crippen LogP contribution is 2.38. The molecule has 5 amide bonds. The average molecular weight is 432 g/mol. The van der Waals surface area contributed by atoms with Gasteiger partial charge < -0.3 is 24.9 Å². The van der Waals surface area contributed by atoms with Gasteiger partial charge in [-0.2, -0.15) is 0 Å². The molecular weight excluding hydrogens is 394 g/mol. The van der Waals surface area contributed by atoms with Crippen LogP contribution in [0, 0.1) is 11.8 Å². The number of carbonyl (C=O) groups excluding carboxylic acids is 3. The molecule has 1 saturated carbocycles. The first-order valence-corrected chi connectivity index (χ1v) is 12.5. The summed E-state index contributed by atoms with van der Waals surface area (Å²) < 4.78 is 0. The van der Waals surface area contributed by atoms with Crippen LogP contribution in [0.3, 0.4) is 0 Å². The molecule has 31 heavy (non-hydrogen) atoms. The number of nitrogens with one attached hydrogen (secondary N) is 1. The molecule has 5 rings (SSSR count). The normalized spacial score (nSPS) is 32.0. The molecule has 0 radical (unpaired) electrons. The van der Waals surface area contributed by atoms with Crippen molar-refractivity contribution in [1.29, 1.82) is 0 Å². The summed E-state index contributed by atoms with van der Waals surface area (Å²) in [4.78, 5) is 46.1. The summed E-state index contributed by atoms with van der Waals surface area (Å²) in [7, 11) is 0. The van der Waals surface area contributed by atoms with Gasteiger partial charge in [0.15, 0.2) is 0 Å². The minimum atomic E-state index is 0.0357. The van der Waals surface area contributed by atoms with Crippen molar-refractivity contribution in [3.63, 3.8) is 0 Å². The molecule has 4 saturated heterocycles. The van der Waals surface area contributed by atoms with Gasteiger partial charge in [0.25, 0.3) is 0 Å². The molecule has 8 nitrogen and oxygen atoms in total. The zero-order valence-corrected chi connectivity index (χ0v) is 18.6. The molecule has 4 heterocycles. The van der Waals surface area contributed by atoms with Crippen LogP contribution in [0.4, 0.5) is 9.59 Å². The van der Waals surface area contributed by atoms with Crippen LogP contribution in [0.2, 0.25) is 0 Å². The van der Waals surface area contributed by atoms with Crippen molar-refractivity contribution in [3.05, 3.63) is 0 Å². The lowest BCUT2D eigenvalue weighted by molar-refractivity contribution is -0.144. The van der Waals surface area contributed by atoms with Gasteiger partial charge in [-0.3, -0.25) is 4.79 Å². The zero-order chi connectivity index (χ0) is 21.4. The standard InChI is InChI=1S/C23H37N5O3/c29-21-8-4-7-20-18-13-17(15-28(20)21)14-27(16-18)23(31)26-11-9-25(10-12-26)22(30)24-19-5-2-1-3-6-19/h17-20H,1-16H2,(H,24,30)/t17-,18-,20-/m1/s1. The highest BCUT2D eigenvalue weighted by Gasteiger charge is 2.45. The summed E-state index contributed by atoms with van der Waals surface area (Å²) in [5.41, 5.74) is 0. The van der Waals surface area contributed by atoms with Crippen molar-refractivity contribution < 1.29 is 14.4 Å². The van der Waals surface area contributed by atoms with Crippen molar-refractivity contribution in [2.24, 2.45) is 11.8 Å². The number of rotatable bonds is 1. The molecule has 2 bridgehead atoms. The Balaban J connectivity index is 1.12. The Bertz CT molecular complexity index is 701. The van der Waals surface area contributed by atoms with Gasteiger partial charge in [-0.25, -0.2) is 9.59 Å². The van der Waals surface area contributed by atoms with Gasteiger partial charge in [-0.05, 0) is 43.9 Å². The molecule has 0 spiro atoms. The lowest BCUT2D eigenvalue weighted by Gasteiger charge is -2.53. The van der Waals surface area contributed by atoms with Crippen molar-refractivity contribution in [1.82, 2.24) is 24.9 Å². The Morgan fingerprint density at radius 2 is 1.55 bits per heavy atom. The van der Waals surface area contributed by atoms with Gasteiger partial charge in [0.05, 0.1) is 0 Å². The Morgan fingerprint density at radius 3 is 2.32 bits per heavy atom. The van der Waals surface area contributed by atoms with E-state index < -0.39 is 0 Å². The van der Waals surface area contributed by atoms with Crippen molar-refractivity contribution in [2.75, 3.05) is 45.8 Å². The summed E-state index contributed by atoms with van der Waals surface area (Å²) in [6.07, 6.45) is 9.78. The Morgan fingerprint density at radius 1 is 0.806 bits per heavy atom. The first-order chi connectivity index (χ1) is 15.1. The number of hydrogen-bond acceptors (Lipinski definition) is 3. The first kappa shape index (κ1) is 20.9. The van der Waals surface area contributed by atoms with E-state index in [0.717, 1.165) is 51.7 Å². The number of hydrogen-bond donors (Lipinski definition) is 1. The molecule has 3 atom stereocenters. The van der Waals surface area contributed by atoms with Crippen LogP contribution in [0.25, 0.3) is 0 Å². The molecule has 172 valence electrons.